The molecule has 0 saturated heterocycles. The topological polar surface area (TPSA) is 0 Å². The summed E-state index contributed by atoms with van der Waals surface area (Å²) in [6.45, 7) is 4.91. The molecule has 0 aromatic heterocycles. The van der Waals surface area contributed by atoms with E-state index < -0.39 is 28.3 Å². The third kappa shape index (κ3) is 4.89. The van der Waals surface area contributed by atoms with Gasteiger partial charge in [0, 0.05) is 0 Å². The van der Waals surface area contributed by atoms with Crippen molar-refractivity contribution in [2.24, 2.45) is 0 Å². The van der Waals surface area contributed by atoms with Gasteiger partial charge in [0.15, 0.2) is 0 Å². The first-order chi connectivity index (χ1) is 28.5. The first kappa shape index (κ1) is 36.0. The van der Waals surface area contributed by atoms with Crippen LogP contribution in [0.2, 0.25) is 9.26 Å². The summed E-state index contributed by atoms with van der Waals surface area (Å²) in [7, 11) is -3.08. The van der Waals surface area contributed by atoms with Gasteiger partial charge in [0.2, 0.25) is 0 Å². The van der Waals surface area contributed by atoms with Crippen LogP contribution in [0.1, 0.15) is 67.3 Å². The van der Waals surface area contributed by atoms with Crippen molar-refractivity contribution in [3.63, 3.8) is 0 Å². The normalized spacial score (nSPS) is 18.6. The van der Waals surface area contributed by atoms with Crippen molar-refractivity contribution in [3.8, 4) is 0 Å². The van der Waals surface area contributed by atoms with E-state index in [1.807, 2.05) is 0 Å². The van der Waals surface area contributed by atoms with Gasteiger partial charge in [0.25, 0.3) is 0 Å². The van der Waals surface area contributed by atoms with Crippen LogP contribution in [-0.4, -0.2) is 8.07 Å². The molecule has 0 spiro atoms. The molecule has 11 rings (SSSR count). The third-order valence-corrected chi connectivity index (χ3v) is 29.6. The fourth-order valence-corrected chi connectivity index (χ4v) is 29.5. The van der Waals surface area contributed by atoms with Crippen LogP contribution < -0.4 is 20.7 Å². The summed E-state index contributed by atoms with van der Waals surface area (Å²) in [5.41, 5.74) is 15.5. The van der Waals surface area contributed by atoms with Crippen LogP contribution in [0.5, 0.6) is 0 Å². The fraction of sp³-hybridized carbons (Fsp3) is 0.143. The van der Waals surface area contributed by atoms with E-state index in [-0.39, 0.29) is 0 Å². The third-order valence-electron chi connectivity index (χ3n) is 14.2. The van der Waals surface area contributed by atoms with Gasteiger partial charge in [0.05, 0.1) is 0 Å². The molecule has 8 aromatic rings. The molecule has 0 fully saturated rings. The molecule has 0 amide bonds. The summed E-state index contributed by atoms with van der Waals surface area (Å²) >= 11 is -3.39. The Morgan fingerprint density at radius 3 is 1.22 bits per heavy atom. The van der Waals surface area contributed by atoms with Gasteiger partial charge in [0.1, 0.15) is 0 Å². The second kappa shape index (κ2) is 13.7. The van der Waals surface area contributed by atoms with Crippen LogP contribution in [0.25, 0.3) is 32.7 Å². The molecule has 280 valence electrons. The van der Waals surface area contributed by atoms with Crippen molar-refractivity contribution in [1.82, 2.24) is 0 Å². The van der Waals surface area contributed by atoms with Crippen LogP contribution >= 0.6 is 0 Å². The van der Waals surface area contributed by atoms with Crippen LogP contribution in [0.4, 0.5) is 0 Å². The van der Waals surface area contributed by atoms with Gasteiger partial charge in [-0.3, -0.25) is 0 Å². The summed E-state index contributed by atoms with van der Waals surface area (Å²) in [6.07, 6.45) is 2.09. The zero-order valence-corrected chi connectivity index (χ0v) is 37.3. The monoisotopic (exact) mass is 838 g/mol. The number of allylic oxidation sites excluding steroid dienone is 2. The minimum absolute atomic E-state index is 0.439. The molecule has 1 heterocycles. The SMILES string of the molecule is CCC1=C(c2cccc3ccccc23)c2c3cccc2[Si](c2ccccc2)(c2ccccc2)c2cccc4c2C(c2cccc5ccccc25)=C(CC)[CH]4[Zr]([CH3])([CH3])[CH]13. The standard InChI is InChI=1S/C54H42Si.2CH3.Zr/c1-3-37-35-41-23-17-33-49(53(41)51(37)47-31-15-21-39-19-11-13-29-45(39)47)55(43-25-7-5-8-26-43,44-27-9-6-10-28-44)50-34-18-24-42-36-38(4-2)52(54(42)50)48-32-16-22-40-20-12-14-30-46(40)48;;;/h5-36H,3-4H2,1-2H3;2*1H3;. The Hall–Kier alpha value is -5.14. The summed E-state index contributed by atoms with van der Waals surface area (Å²) in [5.74, 6) is 0. The van der Waals surface area contributed by atoms with Crippen LogP contribution in [0.15, 0.2) is 193 Å². The molecule has 1 aliphatic heterocycles. The first-order valence-electron chi connectivity index (χ1n) is 21.3. The average molecular weight is 840 g/mol. The summed E-state index contributed by atoms with van der Waals surface area (Å²) < 4.78 is 6.52. The number of hydrogen-bond acceptors (Lipinski definition) is 0. The number of hydrogen-bond donors (Lipinski definition) is 0. The van der Waals surface area contributed by atoms with Crippen molar-refractivity contribution in [2.45, 2.75) is 43.2 Å². The summed E-state index contributed by atoms with van der Waals surface area (Å²) in [6, 6.07) is 70.9. The maximum atomic E-state index is 2.82. The number of benzene rings is 8. The Morgan fingerprint density at radius 2 is 0.793 bits per heavy atom. The molecule has 2 aliphatic carbocycles. The molecule has 0 N–H and O–H groups in total. The van der Waals surface area contributed by atoms with E-state index in [0.717, 1.165) is 12.8 Å². The van der Waals surface area contributed by atoms with E-state index in [2.05, 4.69) is 205 Å². The van der Waals surface area contributed by atoms with Crippen LogP contribution in [-0.2, 0) is 20.3 Å². The molecule has 58 heavy (non-hydrogen) atoms. The van der Waals surface area contributed by atoms with Gasteiger partial charge in [-0.05, 0) is 0 Å². The fourth-order valence-electron chi connectivity index (χ4n) is 12.2. The molecule has 8 bridgehead atoms. The molecular formula is C56H48SiZr. The molecule has 2 unspecified atom stereocenters. The molecule has 0 nitrogen and oxygen atoms in total. The van der Waals surface area contributed by atoms with Gasteiger partial charge in [-0.1, -0.05) is 0 Å². The van der Waals surface area contributed by atoms with Crippen LogP contribution in [0.3, 0.4) is 0 Å². The van der Waals surface area contributed by atoms with Gasteiger partial charge in [-0.15, -0.1) is 0 Å². The van der Waals surface area contributed by atoms with E-state index in [4.69, 9.17) is 0 Å². The molecule has 0 radical (unpaired) electrons. The Labute approximate surface area is 349 Å². The second-order valence-corrected chi connectivity index (χ2v) is 32.8. The Kier molecular flexibility index (Phi) is 8.51. The van der Waals surface area contributed by atoms with Gasteiger partial charge >= 0.3 is 352 Å². The van der Waals surface area contributed by atoms with Gasteiger partial charge in [-0.25, -0.2) is 0 Å². The molecule has 2 atom stereocenters. The van der Waals surface area contributed by atoms with E-state index in [9.17, 15) is 0 Å². The Bertz CT molecular complexity index is 2790. The summed E-state index contributed by atoms with van der Waals surface area (Å²) in [5, 5.41) is 11.3. The predicted molar refractivity (Wildman–Crippen MR) is 248 cm³/mol. The van der Waals surface area contributed by atoms with Gasteiger partial charge in [-0.2, -0.15) is 0 Å². The quantitative estimate of drug-likeness (QED) is 0.146. The second-order valence-electron chi connectivity index (χ2n) is 17.3. The van der Waals surface area contributed by atoms with Crippen molar-refractivity contribution in [2.75, 3.05) is 0 Å². The molecule has 3 aliphatic rings. The first-order valence-corrected chi connectivity index (χ1v) is 31.1. The van der Waals surface area contributed by atoms with E-state index in [0.29, 0.717) is 7.25 Å². The van der Waals surface area contributed by atoms with Crippen molar-refractivity contribution in [1.29, 1.82) is 0 Å². The van der Waals surface area contributed by atoms with Crippen LogP contribution in [0, 0.1) is 0 Å². The molecule has 2 heteroatoms. The summed E-state index contributed by atoms with van der Waals surface area (Å²) in [4.78, 5) is 0. The van der Waals surface area contributed by atoms with E-state index in [1.54, 1.807) is 22.3 Å². The van der Waals surface area contributed by atoms with Crippen molar-refractivity contribution >= 4 is 61.5 Å². The van der Waals surface area contributed by atoms with Gasteiger partial charge < -0.3 is 0 Å². The Morgan fingerprint density at radius 1 is 0.414 bits per heavy atom. The Balaban J connectivity index is 1.39. The zero-order chi connectivity index (χ0) is 39.2. The van der Waals surface area contributed by atoms with E-state index >= 15 is 0 Å². The average Bonchev–Trinajstić information content (AvgIpc) is 3.81. The molecule has 0 saturated carbocycles. The minimum atomic E-state index is -3.39. The zero-order valence-electron chi connectivity index (χ0n) is 33.9. The maximum absolute atomic E-state index is 3.39. The predicted octanol–water partition coefficient (Wildman–Crippen LogP) is 12.2. The number of fused-ring (bicyclic) bond motifs is 2. The number of rotatable bonds is 6. The van der Waals surface area contributed by atoms with Crippen molar-refractivity contribution < 1.29 is 20.3 Å². The molecular weight excluding hydrogens is 792 g/mol. The van der Waals surface area contributed by atoms with E-state index in [1.165, 1.54) is 75.7 Å². The molecule has 8 aromatic carbocycles. The van der Waals surface area contributed by atoms with Crippen molar-refractivity contribution in [3.05, 3.63) is 227 Å².